The van der Waals surface area contributed by atoms with Crippen LogP contribution in [0.4, 0.5) is 37.8 Å². The minimum Gasteiger partial charge on any atom is -0.480 e. The van der Waals surface area contributed by atoms with Gasteiger partial charge in [0.05, 0.1) is 17.8 Å². The molecule has 1 rings (SSSR count). The summed E-state index contributed by atoms with van der Waals surface area (Å²) in [6.45, 7) is -1.33. The fourth-order valence-corrected chi connectivity index (χ4v) is 2.02. The Balaban J connectivity index is 3.47. The fraction of sp³-hybridized carbons (Fsp3) is 0.545. The van der Waals surface area contributed by atoms with Gasteiger partial charge in [-0.15, -0.1) is 0 Å². The lowest BCUT2D eigenvalue weighted by Crippen LogP contribution is -2.46. The van der Waals surface area contributed by atoms with Crippen LogP contribution in [0.15, 0.2) is 6.20 Å². The van der Waals surface area contributed by atoms with Crippen molar-refractivity contribution in [2.75, 3.05) is 11.4 Å². The third-order valence-corrected chi connectivity index (χ3v) is 3.09. The van der Waals surface area contributed by atoms with Crippen LogP contribution in [0, 0.1) is 10.1 Å². The van der Waals surface area contributed by atoms with E-state index in [-0.39, 0.29) is 4.90 Å². The van der Waals surface area contributed by atoms with Crippen LogP contribution >= 0.6 is 11.6 Å². The average molecular weight is 411 g/mol. The quantitative estimate of drug-likeness (QED) is 0.318. The Hall–Kier alpha value is -2.38. The third kappa shape index (κ3) is 6.50. The maximum absolute atomic E-state index is 12.6. The van der Waals surface area contributed by atoms with E-state index >= 15 is 0 Å². The molecule has 1 heterocycles. The first-order valence-electron chi connectivity index (χ1n) is 6.51. The summed E-state index contributed by atoms with van der Waals surface area (Å²) < 4.78 is 75.4. The monoisotopic (exact) mass is 410 g/mol. The normalized spacial score (nSPS) is 13.3. The number of carbonyl (C=O) groups is 1. The SMILES string of the molecule is O=C(O)C(CC(F)(F)F)N(CCC(F)(F)F)c1nc(Cl)ncc1[N+](=O)[O-]. The molecule has 8 nitrogen and oxygen atoms in total. The van der Waals surface area contributed by atoms with Gasteiger partial charge >= 0.3 is 24.0 Å². The van der Waals surface area contributed by atoms with E-state index in [9.17, 15) is 41.3 Å². The highest BCUT2D eigenvalue weighted by molar-refractivity contribution is 6.28. The van der Waals surface area contributed by atoms with Gasteiger partial charge in [-0.1, -0.05) is 0 Å². The van der Waals surface area contributed by atoms with Gasteiger partial charge in [0.25, 0.3) is 0 Å². The topological polar surface area (TPSA) is 109 Å². The van der Waals surface area contributed by atoms with Crippen LogP contribution in [0.2, 0.25) is 5.28 Å². The van der Waals surface area contributed by atoms with Crippen molar-refractivity contribution in [3.05, 3.63) is 21.6 Å². The number of alkyl halides is 6. The summed E-state index contributed by atoms with van der Waals surface area (Å²) in [6.07, 6.45) is -13.3. The molecule has 0 fully saturated rings. The minimum atomic E-state index is -5.08. The first-order valence-corrected chi connectivity index (χ1v) is 6.89. The Morgan fingerprint density at radius 2 is 1.88 bits per heavy atom. The van der Waals surface area contributed by atoms with Crippen molar-refractivity contribution in [3.63, 3.8) is 0 Å². The first-order chi connectivity index (χ1) is 11.7. The molecule has 1 unspecified atom stereocenters. The molecule has 0 saturated carbocycles. The minimum absolute atomic E-state index is 0.0367. The number of carboxylic acids is 1. The molecule has 0 aliphatic carbocycles. The number of nitro groups is 1. The molecular formula is C11H9ClF6N4O4. The fourth-order valence-electron chi connectivity index (χ4n) is 1.89. The van der Waals surface area contributed by atoms with Crippen molar-refractivity contribution in [2.45, 2.75) is 31.2 Å². The van der Waals surface area contributed by atoms with E-state index in [0.29, 0.717) is 6.20 Å². The van der Waals surface area contributed by atoms with Crippen LogP contribution in [-0.2, 0) is 4.79 Å². The largest absolute Gasteiger partial charge is 0.480 e. The van der Waals surface area contributed by atoms with Crippen molar-refractivity contribution in [1.82, 2.24) is 9.97 Å². The third-order valence-electron chi connectivity index (χ3n) is 2.91. The Bertz CT molecular complexity index is 684. The van der Waals surface area contributed by atoms with Gasteiger partial charge in [-0.3, -0.25) is 10.1 Å². The molecule has 0 radical (unpaired) electrons. The molecule has 0 bridgehead atoms. The standard InChI is InChI=1S/C11H9ClF6N4O4/c12-9-19-4-6(22(25)26)7(20-9)21(2-1-10(13,14)15)5(8(23)24)3-11(16,17)18/h4-5H,1-3H2,(H,23,24). The van der Waals surface area contributed by atoms with Crippen LogP contribution in [-0.4, -0.2) is 50.9 Å². The second-order valence-corrected chi connectivity index (χ2v) is 5.17. The van der Waals surface area contributed by atoms with E-state index in [1.807, 2.05) is 0 Å². The molecule has 26 heavy (non-hydrogen) atoms. The zero-order valence-electron chi connectivity index (χ0n) is 12.4. The lowest BCUT2D eigenvalue weighted by molar-refractivity contribution is -0.384. The van der Waals surface area contributed by atoms with Crippen LogP contribution in [0.5, 0.6) is 0 Å². The van der Waals surface area contributed by atoms with E-state index < -0.39 is 65.5 Å². The molecular weight excluding hydrogens is 402 g/mol. The Kier molecular flexibility index (Phi) is 6.57. The van der Waals surface area contributed by atoms with Gasteiger partial charge in [0, 0.05) is 6.54 Å². The predicted molar refractivity (Wildman–Crippen MR) is 73.8 cm³/mol. The highest BCUT2D eigenvalue weighted by Gasteiger charge is 2.42. The predicted octanol–water partition coefficient (Wildman–Crippen LogP) is 3.20. The van der Waals surface area contributed by atoms with Crippen molar-refractivity contribution in [3.8, 4) is 0 Å². The van der Waals surface area contributed by atoms with Crippen molar-refractivity contribution in [2.24, 2.45) is 0 Å². The van der Waals surface area contributed by atoms with Crippen LogP contribution < -0.4 is 4.90 Å². The summed E-state index contributed by atoms with van der Waals surface area (Å²) in [4.78, 5) is 27.5. The number of halogens is 7. The second-order valence-electron chi connectivity index (χ2n) is 4.84. The maximum atomic E-state index is 12.6. The van der Waals surface area contributed by atoms with Crippen molar-refractivity contribution in [1.29, 1.82) is 0 Å². The van der Waals surface area contributed by atoms with Crippen LogP contribution in [0.1, 0.15) is 12.8 Å². The van der Waals surface area contributed by atoms with E-state index in [2.05, 4.69) is 9.97 Å². The van der Waals surface area contributed by atoms with Gasteiger partial charge in [0.15, 0.2) is 0 Å². The summed E-state index contributed by atoms with van der Waals surface area (Å²) >= 11 is 5.41. The summed E-state index contributed by atoms with van der Waals surface area (Å²) in [5, 5.41) is 19.3. The summed E-state index contributed by atoms with van der Waals surface area (Å²) in [5.41, 5.74) is -1.09. The summed E-state index contributed by atoms with van der Waals surface area (Å²) in [6, 6.07) is -2.60. The molecule has 0 saturated heterocycles. The van der Waals surface area contributed by atoms with Crippen LogP contribution in [0.25, 0.3) is 0 Å². The highest BCUT2D eigenvalue weighted by atomic mass is 35.5. The van der Waals surface area contributed by atoms with E-state index in [4.69, 9.17) is 16.7 Å². The smallest absolute Gasteiger partial charge is 0.391 e. The molecule has 0 aliphatic heterocycles. The van der Waals surface area contributed by atoms with Gasteiger partial charge in [0.1, 0.15) is 12.2 Å². The highest BCUT2D eigenvalue weighted by Crippen LogP contribution is 2.33. The van der Waals surface area contributed by atoms with E-state index in [0.717, 1.165) is 0 Å². The number of carboxylic acid groups (broad SMARTS) is 1. The van der Waals surface area contributed by atoms with E-state index in [1.54, 1.807) is 0 Å². The molecule has 0 aromatic carbocycles. The van der Waals surface area contributed by atoms with Crippen LogP contribution in [0.3, 0.4) is 0 Å². The van der Waals surface area contributed by atoms with Crippen molar-refractivity contribution < 1.29 is 41.2 Å². The molecule has 15 heteroatoms. The number of rotatable bonds is 7. The molecule has 0 amide bonds. The summed E-state index contributed by atoms with van der Waals surface area (Å²) in [5.74, 6) is -3.20. The molecule has 0 aliphatic rings. The Morgan fingerprint density at radius 3 is 2.31 bits per heavy atom. The molecule has 1 atom stereocenters. The Morgan fingerprint density at radius 1 is 1.31 bits per heavy atom. The first kappa shape index (κ1) is 21.7. The number of hydrogen-bond acceptors (Lipinski definition) is 6. The van der Waals surface area contributed by atoms with E-state index in [1.165, 1.54) is 0 Å². The molecule has 1 aromatic heterocycles. The lowest BCUT2D eigenvalue weighted by Gasteiger charge is -2.30. The number of aliphatic carboxylic acids is 1. The molecule has 1 aromatic rings. The number of hydrogen-bond donors (Lipinski definition) is 1. The Labute approximate surface area is 145 Å². The molecule has 0 spiro atoms. The number of aromatic nitrogens is 2. The number of anilines is 1. The van der Waals surface area contributed by atoms with Gasteiger partial charge in [-0.05, 0) is 11.6 Å². The van der Waals surface area contributed by atoms with Gasteiger partial charge in [0.2, 0.25) is 11.1 Å². The van der Waals surface area contributed by atoms with Gasteiger partial charge < -0.3 is 10.0 Å². The molecule has 146 valence electrons. The average Bonchev–Trinajstić information content (AvgIpc) is 2.43. The summed E-state index contributed by atoms with van der Waals surface area (Å²) in [7, 11) is 0. The number of nitrogens with zero attached hydrogens (tertiary/aromatic N) is 4. The lowest BCUT2D eigenvalue weighted by atomic mass is 10.1. The molecule has 1 N–H and O–H groups in total. The maximum Gasteiger partial charge on any atom is 0.391 e. The van der Waals surface area contributed by atoms with Crippen molar-refractivity contribution >= 4 is 29.1 Å². The zero-order valence-corrected chi connectivity index (χ0v) is 13.1. The zero-order chi connectivity index (χ0) is 20.3. The van der Waals surface area contributed by atoms with Gasteiger partial charge in [-0.25, -0.2) is 9.78 Å². The second kappa shape index (κ2) is 7.88. The van der Waals surface area contributed by atoms with Gasteiger partial charge in [-0.2, -0.15) is 31.3 Å².